The van der Waals surface area contributed by atoms with Gasteiger partial charge in [-0.05, 0) is 47.9 Å². The maximum Gasteiger partial charge on any atom is 0.469 e. The number of anilines is 2. The van der Waals surface area contributed by atoms with Crippen LogP contribution in [-0.4, -0.2) is 66.5 Å². The lowest BCUT2D eigenvalue weighted by Gasteiger charge is -2.18. The summed E-state index contributed by atoms with van der Waals surface area (Å²) >= 11 is 0. The van der Waals surface area contributed by atoms with E-state index in [4.69, 9.17) is 19.3 Å². The van der Waals surface area contributed by atoms with E-state index in [9.17, 15) is 18.9 Å². The van der Waals surface area contributed by atoms with Gasteiger partial charge in [-0.2, -0.15) is 9.79 Å². The Labute approximate surface area is 267 Å². The highest BCUT2D eigenvalue weighted by molar-refractivity contribution is 7.46. The van der Waals surface area contributed by atoms with Crippen molar-refractivity contribution in [2.45, 2.75) is 26.2 Å². The van der Waals surface area contributed by atoms with Gasteiger partial charge in [-0.25, -0.2) is 9.36 Å². The molecule has 0 unspecified atom stereocenters. The number of hydrogen-bond donors (Lipinski definition) is 4. The van der Waals surface area contributed by atoms with E-state index in [1.807, 2.05) is 0 Å². The summed E-state index contributed by atoms with van der Waals surface area (Å²) in [4.78, 5) is 62.2. The molecular formula is C29H31N8O9P. The van der Waals surface area contributed by atoms with Crippen LogP contribution in [0.3, 0.4) is 0 Å². The molecule has 0 atom stereocenters. The molecule has 0 saturated heterocycles. The first-order valence-electron chi connectivity index (χ1n) is 14.2. The van der Waals surface area contributed by atoms with Crippen molar-refractivity contribution in [3.05, 3.63) is 76.9 Å². The number of methoxy groups -OCH3 is 1. The molecule has 2 amide bonds. The van der Waals surface area contributed by atoms with Crippen LogP contribution in [0.5, 0.6) is 5.75 Å². The van der Waals surface area contributed by atoms with Gasteiger partial charge < -0.3 is 29.9 Å². The number of hydrogen-bond acceptors (Lipinski definition) is 11. The largest absolute Gasteiger partial charge is 0.494 e. The minimum absolute atomic E-state index is 0.125. The van der Waals surface area contributed by atoms with Gasteiger partial charge in [0, 0.05) is 25.2 Å². The van der Waals surface area contributed by atoms with Gasteiger partial charge >= 0.3 is 13.8 Å². The number of benzene rings is 2. The molecular weight excluding hydrogens is 635 g/mol. The van der Waals surface area contributed by atoms with Crippen LogP contribution in [0.2, 0.25) is 0 Å². The summed E-state index contributed by atoms with van der Waals surface area (Å²) in [6, 6.07) is 12.5. The lowest BCUT2D eigenvalue weighted by atomic mass is 10.1. The smallest absolute Gasteiger partial charge is 0.469 e. The molecule has 17 nitrogen and oxygen atoms in total. The molecule has 4 aromatic rings. The molecule has 246 valence electrons. The van der Waals surface area contributed by atoms with Gasteiger partial charge in [0.1, 0.15) is 5.49 Å². The van der Waals surface area contributed by atoms with Crippen molar-refractivity contribution in [1.29, 1.82) is 0 Å². The number of tetrazole rings is 1. The standard InChI is InChI=1S/C29H31N8O9P/c1-30-28(39)21-14-37(16-45-29(40)19-9-7-17(8-10-19)15-46-47(41,42)43)24(32-27(38)18-11-12-18)13-23(21)31-22-6-4-5-20(25(22)44-3)26-33-35-36(2)34-26/h4-10,13-14,18,31H,11-12,15-16H2,1-3H3,(H,30,39)(H2,41,42,43)/b32-24+. The van der Waals surface area contributed by atoms with E-state index < -0.39 is 26.4 Å². The summed E-state index contributed by atoms with van der Waals surface area (Å²) in [7, 11) is -0.0828. The van der Waals surface area contributed by atoms with Crippen LogP contribution in [0.1, 0.15) is 39.1 Å². The fourth-order valence-corrected chi connectivity index (χ4v) is 4.73. The zero-order valence-electron chi connectivity index (χ0n) is 25.5. The van der Waals surface area contributed by atoms with Crippen molar-refractivity contribution in [2.24, 2.45) is 18.0 Å². The average Bonchev–Trinajstić information content (AvgIpc) is 3.82. The Hall–Kier alpha value is -5.22. The number of phosphoric ester groups is 1. The summed E-state index contributed by atoms with van der Waals surface area (Å²) < 4.78 is 28.0. The summed E-state index contributed by atoms with van der Waals surface area (Å²) in [5.74, 6) is -1.06. The van der Waals surface area contributed by atoms with Crippen molar-refractivity contribution in [1.82, 2.24) is 30.1 Å². The summed E-state index contributed by atoms with van der Waals surface area (Å²) in [5, 5.41) is 18.0. The maximum atomic E-state index is 13.1. The van der Waals surface area contributed by atoms with Crippen LogP contribution in [0.4, 0.5) is 11.4 Å². The molecule has 2 aromatic carbocycles. The zero-order chi connectivity index (χ0) is 33.7. The van der Waals surface area contributed by atoms with Crippen molar-refractivity contribution in [3.63, 3.8) is 0 Å². The lowest BCUT2D eigenvalue weighted by molar-refractivity contribution is -0.119. The first kappa shape index (κ1) is 33.2. The number of ether oxygens (including phenoxy) is 2. The van der Waals surface area contributed by atoms with Gasteiger partial charge in [0.15, 0.2) is 12.5 Å². The number of pyridine rings is 1. The van der Waals surface area contributed by atoms with Gasteiger partial charge in [-0.1, -0.05) is 18.2 Å². The Morgan fingerprint density at radius 3 is 2.47 bits per heavy atom. The van der Waals surface area contributed by atoms with Crippen LogP contribution < -0.4 is 20.9 Å². The van der Waals surface area contributed by atoms with Crippen LogP contribution in [0.15, 0.2) is 59.7 Å². The molecule has 0 spiro atoms. The third-order valence-corrected chi connectivity index (χ3v) is 7.39. The van der Waals surface area contributed by atoms with Gasteiger partial charge in [0.05, 0.1) is 48.8 Å². The quantitative estimate of drug-likeness (QED) is 0.126. The first-order chi connectivity index (χ1) is 22.5. The second-order valence-corrected chi connectivity index (χ2v) is 11.6. The maximum absolute atomic E-state index is 13.1. The molecule has 1 saturated carbocycles. The number of phosphoric acid groups is 1. The number of nitrogens with zero attached hydrogens (tertiary/aromatic N) is 6. The summed E-state index contributed by atoms with van der Waals surface area (Å²) in [6.45, 7) is -0.758. The van der Waals surface area contributed by atoms with E-state index in [1.165, 1.54) is 60.0 Å². The molecule has 0 radical (unpaired) electrons. The monoisotopic (exact) mass is 666 g/mol. The second-order valence-electron chi connectivity index (χ2n) is 10.4. The van der Waals surface area contributed by atoms with E-state index in [0.717, 1.165) is 0 Å². The van der Waals surface area contributed by atoms with Crippen molar-refractivity contribution < 1.29 is 42.7 Å². The highest BCUT2D eigenvalue weighted by Gasteiger charge is 2.29. The molecule has 18 heteroatoms. The van der Waals surface area contributed by atoms with Gasteiger partial charge in [-0.15, -0.1) is 10.2 Å². The highest BCUT2D eigenvalue weighted by Crippen LogP contribution is 2.38. The minimum Gasteiger partial charge on any atom is -0.494 e. The Bertz CT molecular complexity index is 1930. The number of carbonyl (C=O) groups excluding carboxylic acids is 3. The van der Waals surface area contributed by atoms with E-state index in [1.54, 1.807) is 25.2 Å². The van der Waals surface area contributed by atoms with Gasteiger partial charge in [-0.3, -0.25) is 18.7 Å². The van der Waals surface area contributed by atoms with Crippen LogP contribution in [-0.2, 0) is 39.0 Å². The van der Waals surface area contributed by atoms with Crippen molar-refractivity contribution in [3.8, 4) is 17.1 Å². The predicted molar refractivity (Wildman–Crippen MR) is 164 cm³/mol. The van der Waals surface area contributed by atoms with Gasteiger partial charge in [0.25, 0.3) is 11.8 Å². The second kappa shape index (κ2) is 14.0. The minimum atomic E-state index is -4.65. The fourth-order valence-electron chi connectivity index (χ4n) is 4.41. The molecule has 5 rings (SSSR count). The van der Waals surface area contributed by atoms with Gasteiger partial charge in [0.2, 0.25) is 5.82 Å². The Kier molecular flexibility index (Phi) is 9.91. The summed E-state index contributed by atoms with van der Waals surface area (Å²) in [5.41, 5.74) is 2.12. The van der Waals surface area contributed by atoms with Crippen LogP contribution in [0, 0.1) is 5.92 Å². The Balaban J connectivity index is 1.47. The van der Waals surface area contributed by atoms with E-state index in [2.05, 4.69) is 35.6 Å². The number of aromatic nitrogens is 5. The topological polar surface area (TPSA) is 221 Å². The number of aryl methyl sites for hydroxylation is 1. The van der Waals surface area contributed by atoms with Crippen molar-refractivity contribution in [2.75, 3.05) is 19.5 Å². The summed E-state index contributed by atoms with van der Waals surface area (Å²) in [6.07, 6.45) is 2.85. The number of nitrogens with one attached hydrogen (secondary N) is 2. The lowest BCUT2D eigenvalue weighted by Crippen LogP contribution is -2.29. The number of amides is 2. The molecule has 1 aliphatic rings. The molecule has 0 aliphatic heterocycles. The number of esters is 1. The molecule has 2 aromatic heterocycles. The molecule has 47 heavy (non-hydrogen) atoms. The zero-order valence-corrected chi connectivity index (χ0v) is 26.4. The van der Waals surface area contributed by atoms with Crippen LogP contribution >= 0.6 is 7.82 Å². The van der Waals surface area contributed by atoms with E-state index in [0.29, 0.717) is 41.2 Å². The third-order valence-electron chi connectivity index (χ3n) is 6.93. The molecule has 4 N–H and O–H groups in total. The number of rotatable bonds is 12. The number of carbonyl (C=O) groups is 3. The predicted octanol–water partition coefficient (Wildman–Crippen LogP) is 2.05. The number of para-hydroxylation sites is 1. The van der Waals surface area contributed by atoms with E-state index in [-0.39, 0.29) is 40.7 Å². The molecule has 1 fully saturated rings. The molecule has 1 aliphatic carbocycles. The first-order valence-corrected chi connectivity index (χ1v) is 15.7. The molecule has 0 bridgehead atoms. The van der Waals surface area contributed by atoms with Crippen molar-refractivity contribution >= 4 is 37.0 Å². The normalized spacial score (nSPS) is 13.3. The highest BCUT2D eigenvalue weighted by atomic mass is 31.2. The average molecular weight is 667 g/mol. The van der Waals surface area contributed by atoms with Crippen LogP contribution in [0.25, 0.3) is 11.4 Å². The Morgan fingerprint density at radius 1 is 1.11 bits per heavy atom. The third kappa shape index (κ3) is 8.33. The molecule has 2 heterocycles. The fraction of sp³-hybridized carbons (Fsp3) is 0.276. The van der Waals surface area contributed by atoms with E-state index >= 15 is 0 Å². The SMILES string of the molecule is CNC(=O)c1cn(COC(=O)c2ccc(COP(=O)(O)O)cc2)/c(=N/C(=O)C2CC2)cc1Nc1cccc(-c2nnn(C)n2)c1OC. The Morgan fingerprint density at radius 2 is 1.85 bits per heavy atom.